The Balaban J connectivity index is 2.34. The summed E-state index contributed by atoms with van der Waals surface area (Å²) in [6.45, 7) is 0. The molecule has 0 bridgehead atoms. The van der Waals surface area contributed by atoms with E-state index in [1.165, 1.54) is 22.7 Å². The topological polar surface area (TPSA) is 34.1 Å². The Labute approximate surface area is 107 Å². The fourth-order valence-corrected chi connectivity index (χ4v) is 4.26. The van der Waals surface area contributed by atoms with Gasteiger partial charge in [-0.1, -0.05) is 0 Å². The van der Waals surface area contributed by atoms with Crippen molar-refractivity contribution in [3.05, 3.63) is 41.3 Å². The van der Waals surface area contributed by atoms with Gasteiger partial charge >= 0.3 is 0 Å². The molecule has 2 aromatic heterocycles. The summed E-state index contributed by atoms with van der Waals surface area (Å²) in [7, 11) is 0. The Kier molecular flexibility index (Phi) is 2.08. The molecule has 3 rings (SSSR count). The minimum absolute atomic E-state index is 0.00577. The molecule has 2 heterocycles. The lowest BCUT2D eigenvalue weighted by molar-refractivity contribution is 0.0986. The van der Waals surface area contributed by atoms with Crippen molar-refractivity contribution in [2.45, 2.75) is 0 Å². The second-order valence-corrected chi connectivity index (χ2v) is 6.98. The molecule has 0 unspecified atom stereocenters. The van der Waals surface area contributed by atoms with Crippen LogP contribution >= 0.6 is 45.3 Å². The summed E-state index contributed by atoms with van der Waals surface area (Å²) in [5, 5.41) is 1.79. The highest BCUT2D eigenvalue weighted by molar-refractivity contribution is 14.1. The standard InChI is InChI=1S/C10H3IO2S2/c11-6-3-5-8(13)9-4(1-2-14-9)7(12)10(5)15-6/h1-3H. The van der Waals surface area contributed by atoms with Gasteiger partial charge in [0.1, 0.15) is 0 Å². The van der Waals surface area contributed by atoms with Crippen molar-refractivity contribution in [1.29, 1.82) is 0 Å². The Morgan fingerprint density at radius 2 is 1.80 bits per heavy atom. The zero-order valence-electron chi connectivity index (χ0n) is 7.24. The number of hydrogen-bond donors (Lipinski definition) is 0. The lowest BCUT2D eigenvalue weighted by Crippen LogP contribution is -2.15. The van der Waals surface area contributed by atoms with Gasteiger partial charge in [-0.05, 0) is 40.1 Å². The molecule has 2 aromatic rings. The Morgan fingerprint density at radius 1 is 1.07 bits per heavy atom. The van der Waals surface area contributed by atoms with E-state index in [0.717, 1.165) is 2.88 Å². The number of rotatable bonds is 0. The van der Waals surface area contributed by atoms with Gasteiger partial charge in [-0.2, -0.15) is 0 Å². The largest absolute Gasteiger partial charge is 0.288 e. The molecule has 0 spiro atoms. The first-order valence-electron chi connectivity index (χ1n) is 4.14. The minimum Gasteiger partial charge on any atom is -0.288 e. The van der Waals surface area contributed by atoms with Crippen LogP contribution in [0.3, 0.4) is 0 Å². The smallest absolute Gasteiger partial charge is 0.205 e. The lowest BCUT2D eigenvalue weighted by atomic mass is 9.96. The SMILES string of the molecule is O=C1c2cc(I)sc2C(=O)c2ccsc21. The second kappa shape index (κ2) is 3.23. The zero-order chi connectivity index (χ0) is 10.6. The highest BCUT2D eigenvalue weighted by atomic mass is 127. The average Bonchev–Trinajstić information content (AvgIpc) is 2.79. The van der Waals surface area contributed by atoms with E-state index in [9.17, 15) is 9.59 Å². The second-order valence-electron chi connectivity index (χ2n) is 3.11. The molecular formula is C10H3IO2S2. The van der Waals surface area contributed by atoms with E-state index < -0.39 is 0 Å². The van der Waals surface area contributed by atoms with E-state index in [1.807, 2.05) is 0 Å². The number of carbonyl (C=O) groups excluding carboxylic acids is 2. The van der Waals surface area contributed by atoms with Gasteiger partial charge < -0.3 is 0 Å². The summed E-state index contributed by atoms with van der Waals surface area (Å²) < 4.78 is 0.981. The number of ketones is 2. The molecule has 0 amide bonds. The van der Waals surface area contributed by atoms with E-state index >= 15 is 0 Å². The zero-order valence-corrected chi connectivity index (χ0v) is 11.0. The molecule has 1 aliphatic carbocycles. The van der Waals surface area contributed by atoms with Crippen molar-refractivity contribution >= 4 is 56.8 Å². The summed E-state index contributed by atoms with van der Waals surface area (Å²) in [6.07, 6.45) is 0. The van der Waals surface area contributed by atoms with Crippen LogP contribution in [0, 0.1) is 2.88 Å². The molecule has 0 radical (unpaired) electrons. The highest BCUT2D eigenvalue weighted by Crippen LogP contribution is 2.35. The summed E-state index contributed by atoms with van der Waals surface area (Å²) >= 11 is 4.87. The first-order chi connectivity index (χ1) is 7.18. The van der Waals surface area contributed by atoms with Gasteiger partial charge in [-0.3, -0.25) is 9.59 Å². The molecule has 1 aliphatic rings. The van der Waals surface area contributed by atoms with Crippen molar-refractivity contribution in [2.75, 3.05) is 0 Å². The number of carbonyl (C=O) groups is 2. The predicted molar refractivity (Wildman–Crippen MR) is 68.2 cm³/mol. The molecule has 0 aromatic carbocycles. The van der Waals surface area contributed by atoms with Crippen LogP contribution in [0.2, 0.25) is 0 Å². The third-order valence-corrected chi connectivity index (χ3v) is 5.08. The average molecular weight is 346 g/mol. The Morgan fingerprint density at radius 3 is 2.60 bits per heavy atom. The quantitative estimate of drug-likeness (QED) is 0.586. The van der Waals surface area contributed by atoms with Crippen LogP contribution in [0.25, 0.3) is 0 Å². The monoisotopic (exact) mass is 346 g/mol. The number of thiophene rings is 2. The fraction of sp³-hybridized carbons (Fsp3) is 0. The molecule has 0 fully saturated rings. The molecule has 0 N–H and O–H groups in total. The van der Waals surface area contributed by atoms with Gasteiger partial charge in [-0.25, -0.2) is 0 Å². The molecule has 74 valence electrons. The normalized spacial score (nSPS) is 13.9. The van der Waals surface area contributed by atoms with Gasteiger partial charge in [-0.15, -0.1) is 22.7 Å². The van der Waals surface area contributed by atoms with Gasteiger partial charge in [0.25, 0.3) is 0 Å². The van der Waals surface area contributed by atoms with Crippen LogP contribution in [0.15, 0.2) is 17.5 Å². The van der Waals surface area contributed by atoms with Crippen molar-refractivity contribution < 1.29 is 9.59 Å². The maximum Gasteiger partial charge on any atom is 0.205 e. The summed E-state index contributed by atoms with van der Waals surface area (Å²) in [4.78, 5) is 25.2. The first kappa shape index (κ1) is 9.68. The number of hydrogen-bond acceptors (Lipinski definition) is 4. The van der Waals surface area contributed by atoms with Gasteiger partial charge in [0.2, 0.25) is 11.6 Å². The van der Waals surface area contributed by atoms with Crippen molar-refractivity contribution in [2.24, 2.45) is 0 Å². The molecular weight excluding hydrogens is 343 g/mol. The fourth-order valence-electron chi connectivity index (χ4n) is 1.61. The third kappa shape index (κ3) is 1.26. The van der Waals surface area contributed by atoms with Crippen LogP contribution < -0.4 is 0 Å². The van der Waals surface area contributed by atoms with Crippen LogP contribution in [0.5, 0.6) is 0 Å². The van der Waals surface area contributed by atoms with E-state index in [0.29, 0.717) is 20.9 Å². The molecule has 15 heavy (non-hydrogen) atoms. The van der Waals surface area contributed by atoms with Crippen LogP contribution in [0.1, 0.15) is 30.5 Å². The molecule has 2 nitrogen and oxygen atoms in total. The minimum atomic E-state index is -0.00577. The van der Waals surface area contributed by atoms with Crippen molar-refractivity contribution in [3.8, 4) is 0 Å². The van der Waals surface area contributed by atoms with Crippen LogP contribution in [-0.4, -0.2) is 11.6 Å². The summed E-state index contributed by atoms with van der Waals surface area (Å²) in [5.41, 5.74) is 1.14. The maximum atomic E-state index is 12.0. The van der Waals surface area contributed by atoms with Gasteiger partial charge in [0, 0.05) is 11.1 Å². The van der Waals surface area contributed by atoms with Crippen molar-refractivity contribution in [1.82, 2.24) is 0 Å². The van der Waals surface area contributed by atoms with E-state index in [1.54, 1.807) is 17.5 Å². The van der Waals surface area contributed by atoms with E-state index in [4.69, 9.17) is 0 Å². The number of fused-ring (bicyclic) bond motifs is 2. The first-order valence-corrected chi connectivity index (χ1v) is 6.92. The summed E-state index contributed by atoms with van der Waals surface area (Å²) in [5.74, 6) is -0.0115. The number of halogens is 1. The van der Waals surface area contributed by atoms with Gasteiger partial charge in [0.05, 0.1) is 12.6 Å². The Hall–Kier alpha value is -0.530. The third-order valence-electron chi connectivity index (χ3n) is 2.27. The van der Waals surface area contributed by atoms with Crippen molar-refractivity contribution in [3.63, 3.8) is 0 Å². The lowest BCUT2D eigenvalue weighted by Gasteiger charge is -2.08. The van der Waals surface area contributed by atoms with Crippen LogP contribution in [-0.2, 0) is 0 Å². The Bertz CT molecular complexity index is 546. The molecule has 0 saturated heterocycles. The highest BCUT2D eigenvalue weighted by Gasteiger charge is 2.32. The summed E-state index contributed by atoms with van der Waals surface area (Å²) in [6, 6.07) is 3.53. The van der Waals surface area contributed by atoms with Gasteiger partial charge in [0.15, 0.2) is 0 Å². The molecule has 0 atom stereocenters. The predicted octanol–water partition coefficient (Wildman–Crippen LogP) is 3.19. The maximum absolute atomic E-state index is 12.0. The van der Waals surface area contributed by atoms with E-state index in [-0.39, 0.29) is 11.6 Å². The molecule has 5 heteroatoms. The van der Waals surface area contributed by atoms with Crippen LogP contribution in [0.4, 0.5) is 0 Å². The molecule has 0 aliphatic heterocycles. The molecule has 0 saturated carbocycles. The van der Waals surface area contributed by atoms with E-state index in [2.05, 4.69) is 22.6 Å².